The summed E-state index contributed by atoms with van der Waals surface area (Å²) in [5, 5.41) is 6.51. The Balaban J connectivity index is 0.00000400. The van der Waals surface area contributed by atoms with Crippen molar-refractivity contribution in [3.63, 3.8) is 0 Å². The quantitative estimate of drug-likeness (QED) is 0.291. The highest BCUT2D eigenvalue weighted by Gasteiger charge is 1.97. The van der Waals surface area contributed by atoms with Gasteiger partial charge < -0.3 is 10.6 Å². The summed E-state index contributed by atoms with van der Waals surface area (Å²) in [4.78, 5) is 4.51. The molecule has 0 aliphatic rings. The second kappa shape index (κ2) is 13.2. The molecule has 6 heteroatoms. The van der Waals surface area contributed by atoms with Gasteiger partial charge in [0.15, 0.2) is 5.96 Å². The molecule has 21 heavy (non-hydrogen) atoms. The van der Waals surface area contributed by atoms with Gasteiger partial charge >= 0.3 is 0 Å². The molecule has 0 amide bonds. The smallest absolute Gasteiger partial charge is 0.191 e. The Morgan fingerprint density at radius 3 is 2.81 bits per heavy atom. The molecule has 0 saturated heterocycles. The molecule has 0 radical (unpaired) electrons. The van der Waals surface area contributed by atoms with Crippen molar-refractivity contribution in [1.29, 1.82) is 0 Å². The highest BCUT2D eigenvalue weighted by atomic mass is 127. The average molecular weight is 425 g/mol. The fourth-order valence-electron chi connectivity index (χ4n) is 1.78. The summed E-state index contributed by atoms with van der Waals surface area (Å²) >= 11 is 1.81. The normalized spacial score (nSPS) is 10.9. The second-order valence-corrected chi connectivity index (χ2v) is 5.40. The maximum atomic E-state index is 13.0. The van der Waals surface area contributed by atoms with E-state index in [4.69, 9.17) is 0 Å². The van der Waals surface area contributed by atoms with Gasteiger partial charge in [-0.1, -0.05) is 12.1 Å². The van der Waals surface area contributed by atoms with Gasteiger partial charge in [-0.25, -0.2) is 4.39 Å². The molecule has 2 N–H and O–H groups in total. The van der Waals surface area contributed by atoms with Gasteiger partial charge in [0.2, 0.25) is 0 Å². The van der Waals surface area contributed by atoms with Gasteiger partial charge in [-0.05, 0) is 43.7 Å². The summed E-state index contributed by atoms with van der Waals surface area (Å²) < 4.78 is 13.0. The van der Waals surface area contributed by atoms with Crippen LogP contribution in [0.15, 0.2) is 29.3 Å². The zero-order valence-electron chi connectivity index (χ0n) is 12.7. The number of hydrogen-bond donors (Lipinski definition) is 2. The maximum Gasteiger partial charge on any atom is 0.191 e. The van der Waals surface area contributed by atoms with Gasteiger partial charge in [-0.15, -0.1) is 24.0 Å². The van der Waals surface area contributed by atoms with E-state index >= 15 is 0 Å². The van der Waals surface area contributed by atoms with Crippen molar-refractivity contribution >= 4 is 41.7 Å². The molecular weight excluding hydrogens is 400 g/mol. The lowest BCUT2D eigenvalue weighted by Gasteiger charge is -2.10. The van der Waals surface area contributed by atoms with Gasteiger partial charge in [-0.3, -0.25) is 4.99 Å². The molecule has 0 atom stereocenters. The molecule has 0 aromatic heterocycles. The number of nitrogens with zero attached hydrogens (tertiary/aromatic N) is 1. The number of guanidine groups is 1. The first-order chi connectivity index (χ1) is 9.76. The van der Waals surface area contributed by atoms with Gasteiger partial charge in [0.25, 0.3) is 0 Å². The molecule has 120 valence electrons. The van der Waals surface area contributed by atoms with Gasteiger partial charge in [0, 0.05) is 25.4 Å². The Morgan fingerprint density at radius 1 is 1.33 bits per heavy atom. The van der Waals surface area contributed by atoms with Crippen LogP contribution in [0.25, 0.3) is 0 Å². The van der Waals surface area contributed by atoms with Crippen LogP contribution in [0.3, 0.4) is 0 Å². The number of halogens is 2. The maximum absolute atomic E-state index is 13.0. The first kappa shape index (κ1) is 20.5. The van der Waals surface area contributed by atoms with Crippen molar-refractivity contribution in [3.8, 4) is 0 Å². The Kier molecular flexibility index (Phi) is 12.9. The van der Waals surface area contributed by atoms with Crippen molar-refractivity contribution in [1.82, 2.24) is 10.6 Å². The third-order valence-electron chi connectivity index (χ3n) is 2.73. The lowest BCUT2D eigenvalue weighted by atomic mass is 10.1. The van der Waals surface area contributed by atoms with Gasteiger partial charge in [-0.2, -0.15) is 11.8 Å². The molecule has 3 nitrogen and oxygen atoms in total. The van der Waals surface area contributed by atoms with Crippen LogP contribution in [-0.4, -0.2) is 37.6 Å². The standard InChI is InChI=1S/C15H24FN3S.HI/c1-3-17-15(19-10-11-20-2)18-9-5-7-13-6-4-8-14(16)12-13;/h4,6,8,12H,3,5,7,9-11H2,1-2H3,(H2,17,18,19);1H. The SMILES string of the molecule is CCNC(=NCCCc1cccc(F)c1)NCCSC.I. The second-order valence-electron chi connectivity index (χ2n) is 4.41. The number of benzene rings is 1. The van der Waals surface area contributed by atoms with Crippen LogP contribution in [0.4, 0.5) is 4.39 Å². The number of aryl methyl sites for hydroxylation is 1. The lowest BCUT2D eigenvalue weighted by Crippen LogP contribution is -2.38. The number of aliphatic imine (C=N–C) groups is 1. The zero-order chi connectivity index (χ0) is 14.6. The first-order valence-corrected chi connectivity index (χ1v) is 8.41. The van der Waals surface area contributed by atoms with E-state index in [2.05, 4.69) is 28.8 Å². The Hall–Kier alpha value is -0.500. The monoisotopic (exact) mass is 425 g/mol. The van der Waals surface area contributed by atoms with Crippen LogP contribution in [0.1, 0.15) is 18.9 Å². The molecule has 1 aromatic carbocycles. The number of thioether (sulfide) groups is 1. The largest absolute Gasteiger partial charge is 0.357 e. The van der Waals surface area contributed by atoms with Crippen LogP contribution in [0.2, 0.25) is 0 Å². The summed E-state index contributed by atoms with van der Waals surface area (Å²) in [5.41, 5.74) is 1.03. The Labute approximate surface area is 148 Å². The molecule has 0 heterocycles. The van der Waals surface area contributed by atoms with Gasteiger partial charge in [0.1, 0.15) is 5.82 Å². The van der Waals surface area contributed by atoms with Crippen molar-refractivity contribution in [2.75, 3.05) is 31.6 Å². The fraction of sp³-hybridized carbons (Fsp3) is 0.533. The van der Waals surface area contributed by atoms with E-state index in [0.29, 0.717) is 0 Å². The third-order valence-corrected chi connectivity index (χ3v) is 3.34. The summed E-state index contributed by atoms with van der Waals surface area (Å²) in [5.74, 6) is 1.76. The van der Waals surface area contributed by atoms with E-state index in [0.717, 1.165) is 49.8 Å². The minimum Gasteiger partial charge on any atom is -0.357 e. The van der Waals surface area contributed by atoms with Crippen molar-refractivity contribution in [2.45, 2.75) is 19.8 Å². The zero-order valence-corrected chi connectivity index (χ0v) is 15.8. The Bertz CT molecular complexity index is 416. The summed E-state index contributed by atoms with van der Waals surface area (Å²) in [7, 11) is 0. The fourth-order valence-corrected chi connectivity index (χ4v) is 2.09. The highest BCUT2D eigenvalue weighted by molar-refractivity contribution is 14.0. The molecular formula is C15H25FIN3S. The number of hydrogen-bond acceptors (Lipinski definition) is 2. The number of rotatable bonds is 8. The average Bonchev–Trinajstić information content (AvgIpc) is 2.44. The predicted molar refractivity (Wildman–Crippen MR) is 102 cm³/mol. The molecule has 0 saturated carbocycles. The highest BCUT2D eigenvalue weighted by Crippen LogP contribution is 2.06. The Morgan fingerprint density at radius 2 is 2.14 bits per heavy atom. The minimum atomic E-state index is -0.168. The molecule has 0 spiro atoms. The first-order valence-electron chi connectivity index (χ1n) is 7.01. The molecule has 1 aromatic rings. The molecule has 0 fully saturated rings. The van der Waals surface area contributed by atoms with Crippen LogP contribution < -0.4 is 10.6 Å². The van der Waals surface area contributed by atoms with Crippen LogP contribution in [-0.2, 0) is 6.42 Å². The van der Waals surface area contributed by atoms with Crippen LogP contribution >= 0.6 is 35.7 Å². The topological polar surface area (TPSA) is 36.4 Å². The van der Waals surface area contributed by atoms with Crippen LogP contribution in [0, 0.1) is 5.82 Å². The molecule has 0 unspecified atom stereocenters. The predicted octanol–water partition coefficient (Wildman–Crippen LogP) is 3.29. The lowest BCUT2D eigenvalue weighted by molar-refractivity contribution is 0.624. The summed E-state index contributed by atoms with van der Waals surface area (Å²) in [6.07, 6.45) is 3.86. The summed E-state index contributed by atoms with van der Waals surface area (Å²) in [6, 6.07) is 6.77. The van der Waals surface area contributed by atoms with E-state index in [9.17, 15) is 4.39 Å². The molecule has 0 aliphatic heterocycles. The van der Waals surface area contributed by atoms with E-state index in [-0.39, 0.29) is 29.8 Å². The molecule has 0 aliphatic carbocycles. The molecule has 0 bridgehead atoms. The number of nitrogens with one attached hydrogen (secondary N) is 2. The van der Waals surface area contributed by atoms with E-state index in [1.54, 1.807) is 12.1 Å². The van der Waals surface area contributed by atoms with Crippen molar-refractivity contribution in [3.05, 3.63) is 35.6 Å². The summed E-state index contributed by atoms with van der Waals surface area (Å²) in [6.45, 7) is 4.57. The van der Waals surface area contributed by atoms with Crippen molar-refractivity contribution < 1.29 is 4.39 Å². The van der Waals surface area contributed by atoms with E-state index in [1.165, 1.54) is 6.07 Å². The van der Waals surface area contributed by atoms with Crippen LogP contribution in [0.5, 0.6) is 0 Å². The molecule has 1 rings (SSSR count). The van der Waals surface area contributed by atoms with E-state index < -0.39 is 0 Å². The minimum absolute atomic E-state index is 0. The van der Waals surface area contributed by atoms with Gasteiger partial charge in [0.05, 0.1) is 0 Å². The van der Waals surface area contributed by atoms with Crippen molar-refractivity contribution in [2.24, 2.45) is 4.99 Å². The van der Waals surface area contributed by atoms with E-state index in [1.807, 2.05) is 17.8 Å². The third kappa shape index (κ3) is 9.95.